The third kappa shape index (κ3) is 4.61. The summed E-state index contributed by atoms with van der Waals surface area (Å²) in [6, 6.07) is 15.8. The molecule has 3 heterocycles. The zero-order valence-corrected chi connectivity index (χ0v) is 21.5. The number of fused-ring (bicyclic) bond motifs is 1. The monoisotopic (exact) mass is 500 g/mol. The van der Waals surface area contributed by atoms with Crippen LogP contribution in [0.25, 0.3) is 22.5 Å². The molecule has 0 radical (unpaired) electrons. The van der Waals surface area contributed by atoms with Gasteiger partial charge in [-0.15, -0.1) is 5.10 Å². The zero-order chi connectivity index (χ0) is 25.9. The van der Waals surface area contributed by atoms with Crippen LogP contribution in [0.4, 0.5) is 0 Å². The van der Waals surface area contributed by atoms with Gasteiger partial charge < -0.3 is 4.74 Å². The van der Waals surface area contributed by atoms with E-state index in [4.69, 9.17) is 4.74 Å². The Morgan fingerprint density at radius 3 is 2.51 bits per heavy atom. The van der Waals surface area contributed by atoms with Crippen molar-refractivity contribution >= 4 is 5.97 Å². The van der Waals surface area contributed by atoms with Crippen molar-refractivity contribution in [3.05, 3.63) is 75.7 Å². The highest BCUT2D eigenvalue weighted by Crippen LogP contribution is 2.33. The van der Waals surface area contributed by atoms with Crippen molar-refractivity contribution in [1.82, 2.24) is 30.0 Å². The predicted molar refractivity (Wildman–Crippen MR) is 140 cm³/mol. The molecule has 2 unspecified atom stereocenters. The number of carbonyl (C=O) groups is 1. The summed E-state index contributed by atoms with van der Waals surface area (Å²) in [5, 5.41) is 14.3. The molecule has 4 aromatic rings. The van der Waals surface area contributed by atoms with Gasteiger partial charge in [0.25, 0.3) is 5.56 Å². The Kier molecular flexibility index (Phi) is 7.03. The first kappa shape index (κ1) is 24.7. The fourth-order valence-corrected chi connectivity index (χ4v) is 5.38. The van der Waals surface area contributed by atoms with E-state index < -0.39 is 6.04 Å². The number of tetrazole rings is 1. The van der Waals surface area contributed by atoms with Crippen LogP contribution in [0.15, 0.2) is 53.3 Å². The Labute approximate surface area is 215 Å². The van der Waals surface area contributed by atoms with Gasteiger partial charge in [0.15, 0.2) is 5.82 Å². The average molecular weight is 501 g/mol. The number of benzene rings is 2. The number of aromatic nitrogens is 6. The molecule has 9 heteroatoms. The molecule has 5 rings (SSSR count). The number of rotatable bonds is 8. The molecule has 0 bridgehead atoms. The highest BCUT2D eigenvalue weighted by molar-refractivity contribution is 5.80. The Morgan fingerprint density at radius 1 is 1.08 bits per heavy atom. The minimum atomic E-state index is -0.459. The van der Waals surface area contributed by atoms with Gasteiger partial charge in [0, 0.05) is 23.2 Å². The smallest absolute Gasteiger partial charge is 0.330 e. The number of aromatic amines is 1. The lowest BCUT2D eigenvalue weighted by molar-refractivity contribution is -0.146. The molecule has 1 N–H and O–H groups in total. The normalized spacial score (nSPS) is 16.9. The van der Waals surface area contributed by atoms with Crippen molar-refractivity contribution in [2.75, 3.05) is 7.11 Å². The number of unbranched alkanes of at least 4 members (excludes halogenated alkanes) is 1. The number of ether oxygens (including phenoxy) is 1. The van der Waals surface area contributed by atoms with E-state index in [9.17, 15) is 9.59 Å². The summed E-state index contributed by atoms with van der Waals surface area (Å²) < 4.78 is 8.85. The first-order valence-electron chi connectivity index (χ1n) is 12.9. The Morgan fingerprint density at radius 2 is 1.84 bits per heavy atom. The minimum absolute atomic E-state index is 0.000511. The number of nitrogens with one attached hydrogen (secondary N) is 1. The predicted octanol–water partition coefficient (Wildman–Crippen LogP) is 4.50. The van der Waals surface area contributed by atoms with Crippen LogP contribution in [0.3, 0.4) is 0 Å². The molecule has 2 aromatic carbocycles. The van der Waals surface area contributed by atoms with E-state index in [-0.39, 0.29) is 17.6 Å². The van der Waals surface area contributed by atoms with Crippen LogP contribution in [0.5, 0.6) is 0 Å². The SMILES string of the molecule is CCCCc1c(Cc2ccc(-c3ccccc3-c3nnn[nH]3)cc2)c(=O)n2n1C(C(=O)OC)CCC2C. The third-order valence-electron chi connectivity index (χ3n) is 7.31. The second-order valence-electron chi connectivity index (χ2n) is 9.66. The molecule has 1 aliphatic heterocycles. The molecule has 9 nitrogen and oxygen atoms in total. The van der Waals surface area contributed by atoms with Crippen molar-refractivity contribution in [2.45, 2.75) is 64.5 Å². The molecular weight excluding hydrogens is 468 g/mol. The van der Waals surface area contributed by atoms with Crippen molar-refractivity contribution in [3.8, 4) is 22.5 Å². The molecule has 0 aliphatic carbocycles. The highest BCUT2D eigenvalue weighted by atomic mass is 16.5. The standard InChI is InChI=1S/C28H32N6O3/c1-4-5-10-24-23(27(35)33-18(2)11-16-25(34(24)33)28(36)37-3)17-19-12-14-20(15-13-19)21-8-6-7-9-22(21)26-29-31-32-30-26/h6-9,12-15,18,25H,4-5,10-11,16-17H2,1-3H3,(H,29,30,31,32). The van der Waals surface area contributed by atoms with Crippen LogP contribution in [-0.4, -0.2) is 43.1 Å². The maximum absolute atomic E-state index is 13.7. The molecular formula is C28H32N6O3. The van der Waals surface area contributed by atoms with Crippen LogP contribution in [-0.2, 0) is 22.4 Å². The van der Waals surface area contributed by atoms with Crippen molar-refractivity contribution in [2.24, 2.45) is 0 Å². The van der Waals surface area contributed by atoms with E-state index in [0.717, 1.165) is 59.2 Å². The summed E-state index contributed by atoms with van der Waals surface area (Å²) in [6.07, 6.45) is 4.67. The van der Waals surface area contributed by atoms with E-state index >= 15 is 0 Å². The lowest BCUT2D eigenvalue weighted by Crippen LogP contribution is -2.37. The highest BCUT2D eigenvalue weighted by Gasteiger charge is 2.35. The summed E-state index contributed by atoms with van der Waals surface area (Å²) in [7, 11) is 1.41. The third-order valence-corrected chi connectivity index (χ3v) is 7.31. The van der Waals surface area contributed by atoms with Gasteiger partial charge >= 0.3 is 5.97 Å². The number of esters is 1. The summed E-state index contributed by atoms with van der Waals surface area (Å²) >= 11 is 0. The summed E-state index contributed by atoms with van der Waals surface area (Å²) in [6.45, 7) is 4.19. The Hall–Kier alpha value is -4.01. The number of hydrogen-bond acceptors (Lipinski definition) is 6. The van der Waals surface area contributed by atoms with Gasteiger partial charge in [0.1, 0.15) is 6.04 Å². The Bertz CT molecular complexity index is 1440. The quantitative estimate of drug-likeness (QED) is 0.357. The number of carbonyl (C=O) groups excluding carboxylic acids is 1. The molecule has 2 atom stereocenters. The number of nitrogens with zero attached hydrogens (tertiary/aromatic N) is 5. The second-order valence-corrected chi connectivity index (χ2v) is 9.66. The van der Waals surface area contributed by atoms with Gasteiger partial charge in [-0.25, -0.2) is 14.6 Å². The Balaban J connectivity index is 1.51. The molecule has 1 aliphatic rings. The largest absolute Gasteiger partial charge is 0.467 e. The molecule has 0 saturated carbocycles. The van der Waals surface area contributed by atoms with Gasteiger partial charge in [0.2, 0.25) is 0 Å². The minimum Gasteiger partial charge on any atom is -0.467 e. The van der Waals surface area contributed by atoms with Gasteiger partial charge in [-0.3, -0.25) is 9.48 Å². The fourth-order valence-electron chi connectivity index (χ4n) is 5.38. The first-order valence-corrected chi connectivity index (χ1v) is 12.9. The molecule has 0 saturated heterocycles. The topological polar surface area (TPSA) is 108 Å². The van der Waals surface area contributed by atoms with Crippen molar-refractivity contribution < 1.29 is 9.53 Å². The maximum Gasteiger partial charge on any atom is 0.330 e. The first-order chi connectivity index (χ1) is 18.0. The van der Waals surface area contributed by atoms with Crippen LogP contribution in [0.2, 0.25) is 0 Å². The molecule has 0 spiro atoms. The van der Waals surface area contributed by atoms with Crippen LogP contribution < -0.4 is 5.56 Å². The number of H-pyrrole nitrogens is 1. The van der Waals surface area contributed by atoms with Crippen molar-refractivity contribution in [1.29, 1.82) is 0 Å². The molecule has 0 fully saturated rings. The van der Waals surface area contributed by atoms with E-state index in [0.29, 0.717) is 18.7 Å². The molecule has 37 heavy (non-hydrogen) atoms. The summed E-state index contributed by atoms with van der Waals surface area (Å²) in [5.41, 5.74) is 5.75. The van der Waals surface area contributed by atoms with Crippen molar-refractivity contribution in [3.63, 3.8) is 0 Å². The fraction of sp³-hybridized carbons (Fsp3) is 0.393. The average Bonchev–Trinajstić information content (AvgIpc) is 3.56. The second kappa shape index (κ2) is 10.5. The lowest BCUT2D eigenvalue weighted by Gasteiger charge is -2.31. The van der Waals surface area contributed by atoms with Gasteiger partial charge in [-0.2, -0.15) is 0 Å². The zero-order valence-electron chi connectivity index (χ0n) is 21.5. The van der Waals surface area contributed by atoms with Gasteiger partial charge in [0.05, 0.1) is 13.2 Å². The van der Waals surface area contributed by atoms with Gasteiger partial charge in [-0.05, 0) is 59.7 Å². The molecule has 192 valence electrons. The summed E-state index contributed by atoms with van der Waals surface area (Å²) in [4.78, 5) is 26.4. The van der Waals surface area contributed by atoms with Crippen LogP contribution >= 0.6 is 0 Å². The lowest BCUT2D eigenvalue weighted by atomic mass is 9.96. The van der Waals surface area contributed by atoms with E-state index in [1.54, 1.807) is 4.68 Å². The van der Waals surface area contributed by atoms with E-state index in [1.807, 2.05) is 28.9 Å². The number of hydrogen-bond donors (Lipinski definition) is 1. The molecule has 0 amide bonds. The number of methoxy groups -OCH3 is 1. The van der Waals surface area contributed by atoms with E-state index in [2.05, 4.69) is 58.7 Å². The summed E-state index contributed by atoms with van der Waals surface area (Å²) in [5.74, 6) is 0.326. The maximum atomic E-state index is 13.7. The van der Waals surface area contributed by atoms with Gasteiger partial charge in [-0.1, -0.05) is 61.9 Å². The van der Waals surface area contributed by atoms with Crippen LogP contribution in [0.1, 0.15) is 68.4 Å². The van der Waals surface area contributed by atoms with Crippen LogP contribution in [0, 0.1) is 0 Å². The van der Waals surface area contributed by atoms with E-state index in [1.165, 1.54) is 7.11 Å². The molecule has 2 aromatic heterocycles.